The number of nitrogens with two attached hydrogens (primary N) is 1. The second-order valence-corrected chi connectivity index (χ2v) is 6.88. The lowest BCUT2D eigenvalue weighted by Gasteiger charge is -2.22. The minimum Gasteiger partial charge on any atom is -0.324 e. The second-order valence-electron chi connectivity index (χ2n) is 6.88. The summed E-state index contributed by atoms with van der Waals surface area (Å²) in [4.78, 5) is 0. The maximum atomic E-state index is 5.79. The summed E-state index contributed by atoms with van der Waals surface area (Å²) in [7, 11) is 0. The molecule has 4 heteroatoms. The second kappa shape index (κ2) is 5.23. The molecule has 1 heterocycles. The summed E-state index contributed by atoms with van der Waals surface area (Å²) < 4.78 is 2.27. The molecule has 106 valence electrons. The minimum absolute atomic E-state index is 0.496. The Balaban J connectivity index is 1.75. The number of fused-ring (bicyclic) bond motifs is 2. The molecule has 2 saturated carbocycles. The third kappa shape index (κ3) is 2.55. The van der Waals surface area contributed by atoms with Crippen molar-refractivity contribution in [1.82, 2.24) is 14.8 Å². The summed E-state index contributed by atoms with van der Waals surface area (Å²) in [6, 6.07) is 0. The number of aromatic nitrogens is 3. The van der Waals surface area contributed by atoms with E-state index < -0.39 is 0 Å². The Morgan fingerprint density at radius 3 is 2.58 bits per heavy atom. The predicted octanol–water partition coefficient (Wildman–Crippen LogP) is 2.37. The summed E-state index contributed by atoms with van der Waals surface area (Å²) in [5, 5.41) is 8.70. The largest absolute Gasteiger partial charge is 0.324 e. The molecule has 1 aromatic rings. The standard InChI is InChI=1S/C15H26N4/c1-10(2)9-19-14(17-18-15(19)8-16)7-13-6-11-3-4-12(13)5-11/h10-13H,3-9,16H2,1-2H3. The van der Waals surface area contributed by atoms with Crippen molar-refractivity contribution >= 4 is 0 Å². The molecule has 3 rings (SSSR count). The van der Waals surface area contributed by atoms with Crippen LogP contribution in [0.5, 0.6) is 0 Å². The SMILES string of the molecule is CC(C)Cn1c(CN)nnc1CC1CC2CCC1C2. The third-order valence-electron chi connectivity index (χ3n) is 4.96. The molecule has 2 N–H and O–H groups in total. The number of hydrogen-bond donors (Lipinski definition) is 1. The van der Waals surface area contributed by atoms with E-state index in [9.17, 15) is 0 Å². The Morgan fingerprint density at radius 2 is 2.00 bits per heavy atom. The van der Waals surface area contributed by atoms with E-state index in [1.54, 1.807) is 0 Å². The first-order valence-electron chi connectivity index (χ1n) is 7.78. The topological polar surface area (TPSA) is 56.7 Å². The molecule has 1 aromatic heterocycles. The lowest BCUT2D eigenvalue weighted by molar-refractivity contribution is 0.320. The molecule has 0 amide bonds. The van der Waals surface area contributed by atoms with E-state index in [1.165, 1.54) is 31.5 Å². The van der Waals surface area contributed by atoms with Gasteiger partial charge in [0.05, 0.1) is 6.54 Å². The monoisotopic (exact) mass is 262 g/mol. The van der Waals surface area contributed by atoms with Crippen LogP contribution in [0.15, 0.2) is 0 Å². The van der Waals surface area contributed by atoms with Gasteiger partial charge in [0.2, 0.25) is 0 Å². The molecule has 2 aliphatic rings. The van der Waals surface area contributed by atoms with E-state index in [-0.39, 0.29) is 0 Å². The van der Waals surface area contributed by atoms with Gasteiger partial charge in [0.25, 0.3) is 0 Å². The Labute approximate surface area is 115 Å². The van der Waals surface area contributed by atoms with Crippen LogP contribution in [-0.2, 0) is 19.5 Å². The highest BCUT2D eigenvalue weighted by atomic mass is 15.3. The summed E-state index contributed by atoms with van der Waals surface area (Å²) >= 11 is 0. The molecule has 0 radical (unpaired) electrons. The van der Waals surface area contributed by atoms with Crippen molar-refractivity contribution in [2.45, 2.75) is 59.0 Å². The van der Waals surface area contributed by atoms with Gasteiger partial charge in [-0.1, -0.05) is 20.3 Å². The molecule has 0 saturated heterocycles. The van der Waals surface area contributed by atoms with Gasteiger partial charge < -0.3 is 10.3 Å². The normalized spacial score (nSPS) is 29.6. The molecule has 2 aliphatic carbocycles. The molecule has 2 bridgehead atoms. The summed E-state index contributed by atoms with van der Waals surface area (Å²) in [6.07, 6.45) is 6.90. The fourth-order valence-corrected chi connectivity index (χ4v) is 4.11. The van der Waals surface area contributed by atoms with E-state index in [4.69, 9.17) is 5.73 Å². The van der Waals surface area contributed by atoms with Crippen molar-refractivity contribution in [2.24, 2.45) is 29.4 Å². The quantitative estimate of drug-likeness (QED) is 0.886. The Bertz CT molecular complexity index is 437. The zero-order chi connectivity index (χ0) is 13.4. The summed E-state index contributed by atoms with van der Waals surface area (Å²) in [5.41, 5.74) is 5.79. The van der Waals surface area contributed by atoms with Gasteiger partial charge in [-0.25, -0.2) is 0 Å². The van der Waals surface area contributed by atoms with Gasteiger partial charge in [0, 0.05) is 13.0 Å². The molecule has 0 spiro atoms. The van der Waals surface area contributed by atoms with Crippen LogP contribution >= 0.6 is 0 Å². The maximum Gasteiger partial charge on any atom is 0.146 e. The van der Waals surface area contributed by atoms with Crippen LogP contribution in [-0.4, -0.2) is 14.8 Å². The Morgan fingerprint density at radius 1 is 1.21 bits per heavy atom. The summed E-state index contributed by atoms with van der Waals surface area (Å²) in [6.45, 7) is 5.97. The van der Waals surface area contributed by atoms with E-state index >= 15 is 0 Å². The lowest BCUT2D eigenvalue weighted by Crippen LogP contribution is -2.19. The van der Waals surface area contributed by atoms with Gasteiger partial charge in [0.1, 0.15) is 11.6 Å². The highest BCUT2D eigenvalue weighted by molar-refractivity contribution is 5.01. The van der Waals surface area contributed by atoms with Gasteiger partial charge in [-0.3, -0.25) is 0 Å². The smallest absolute Gasteiger partial charge is 0.146 e. The fraction of sp³-hybridized carbons (Fsp3) is 0.867. The van der Waals surface area contributed by atoms with Crippen LogP contribution in [0.3, 0.4) is 0 Å². The van der Waals surface area contributed by atoms with Crippen LogP contribution < -0.4 is 5.73 Å². The fourth-order valence-electron chi connectivity index (χ4n) is 4.11. The van der Waals surface area contributed by atoms with E-state index in [0.717, 1.165) is 36.5 Å². The molecule has 4 nitrogen and oxygen atoms in total. The highest BCUT2D eigenvalue weighted by Crippen LogP contribution is 2.49. The Kier molecular flexibility index (Phi) is 3.61. The number of nitrogens with zero attached hydrogens (tertiary/aromatic N) is 3. The third-order valence-corrected chi connectivity index (χ3v) is 4.96. The van der Waals surface area contributed by atoms with Crippen molar-refractivity contribution in [1.29, 1.82) is 0 Å². The molecule has 19 heavy (non-hydrogen) atoms. The van der Waals surface area contributed by atoms with Crippen molar-refractivity contribution in [3.8, 4) is 0 Å². The van der Waals surface area contributed by atoms with Crippen LogP contribution in [0, 0.1) is 23.7 Å². The molecule has 3 unspecified atom stereocenters. The first-order valence-corrected chi connectivity index (χ1v) is 7.78. The van der Waals surface area contributed by atoms with Crippen molar-refractivity contribution < 1.29 is 0 Å². The van der Waals surface area contributed by atoms with Crippen LogP contribution in [0.25, 0.3) is 0 Å². The van der Waals surface area contributed by atoms with E-state index in [0.29, 0.717) is 12.5 Å². The number of hydrogen-bond acceptors (Lipinski definition) is 3. The van der Waals surface area contributed by atoms with Crippen molar-refractivity contribution in [3.05, 3.63) is 11.6 Å². The number of rotatable bonds is 5. The van der Waals surface area contributed by atoms with Crippen LogP contribution in [0.2, 0.25) is 0 Å². The van der Waals surface area contributed by atoms with Gasteiger partial charge in [-0.2, -0.15) is 0 Å². The summed E-state index contributed by atoms with van der Waals surface area (Å²) in [5.74, 6) is 5.54. The van der Waals surface area contributed by atoms with E-state index in [2.05, 4.69) is 28.6 Å². The zero-order valence-corrected chi connectivity index (χ0v) is 12.2. The minimum atomic E-state index is 0.496. The molecular weight excluding hydrogens is 236 g/mol. The van der Waals surface area contributed by atoms with Gasteiger partial charge in [0.15, 0.2) is 0 Å². The van der Waals surface area contributed by atoms with Gasteiger partial charge >= 0.3 is 0 Å². The highest BCUT2D eigenvalue weighted by Gasteiger charge is 2.39. The van der Waals surface area contributed by atoms with Crippen LogP contribution in [0.1, 0.15) is 51.2 Å². The molecule has 0 aliphatic heterocycles. The molecular formula is C15H26N4. The van der Waals surface area contributed by atoms with Crippen molar-refractivity contribution in [3.63, 3.8) is 0 Å². The molecule has 0 aromatic carbocycles. The van der Waals surface area contributed by atoms with Crippen molar-refractivity contribution in [2.75, 3.05) is 0 Å². The molecule has 2 fully saturated rings. The lowest BCUT2D eigenvalue weighted by atomic mass is 9.86. The predicted molar refractivity (Wildman–Crippen MR) is 75.4 cm³/mol. The Hall–Kier alpha value is -0.900. The van der Waals surface area contributed by atoms with E-state index in [1.807, 2.05) is 0 Å². The molecule has 3 atom stereocenters. The first kappa shape index (κ1) is 13.1. The maximum absolute atomic E-state index is 5.79. The average Bonchev–Trinajstić information content (AvgIpc) is 3.05. The van der Waals surface area contributed by atoms with Gasteiger partial charge in [-0.05, 0) is 42.9 Å². The van der Waals surface area contributed by atoms with Crippen LogP contribution in [0.4, 0.5) is 0 Å². The van der Waals surface area contributed by atoms with Gasteiger partial charge in [-0.15, -0.1) is 10.2 Å². The average molecular weight is 262 g/mol. The zero-order valence-electron chi connectivity index (χ0n) is 12.2. The first-order chi connectivity index (χ1) is 9.17.